The summed E-state index contributed by atoms with van der Waals surface area (Å²) in [7, 11) is 0. The van der Waals surface area contributed by atoms with Gasteiger partial charge in [0.15, 0.2) is 0 Å². The number of halogens is 1. The standard InChI is InChI=1S/C15H13BrN2OS/c1-9-4-2-7-12(13(9)16)15(19)18-11-6-3-5-10(8-11)14(17)20/h2-8H,1H3,(H2,17,20)(H,18,19). The Morgan fingerprint density at radius 1 is 1.25 bits per heavy atom. The van der Waals surface area contributed by atoms with Crippen LogP contribution in [-0.4, -0.2) is 10.9 Å². The first kappa shape index (κ1) is 14.7. The summed E-state index contributed by atoms with van der Waals surface area (Å²) >= 11 is 8.35. The Morgan fingerprint density at radius 2 is 1.95 bits per heavy atom. The molecule has 2 aromatic carbocycles. The second-order valence-corrected chi connectivity index (χ2v) is 5.57. The van der Waals surface area contributed by atoms with Crippen LogP contribution in [0.1, 0.15) is 21.5 Å². The van der Waals surface area contributed by atoms with Crippen molar-refractivity contribution in [1.29, 1.82) is 0 Å². The number of anilines is 1. The molecule has 0 radical (unpaired) electrons. The van der Waals surface area contributed by atoms with Gasteiger partial charge in [-0.05, 0) is 46.6 Å². The highest BCUT2D eigenvalue weighted by Gasteiger charge is 2.11. The SMILES string of the molecule is Cc1cccc(C(=O)Nc2cccc(C(N)=S)c2)c1Br. The lowest BCUT2D eigenvalue weighted by molar-refractivity contribution is 0.102. The van der Waals surface area contributed by atoms with Gasteiger partial charge in [-0.2, -0.15) is 0 Å². The number of benzene rings is 2. The number of nitrogens with two attached hydrogens (primary N) is 1. The van der Waals surface area contributed by atoms with Gasteiger partial charge in [0.2, 0.25) is 0 Å². The molecule has 0 heterocycles. The van der Waals surface area contributed by atoms with Crippen molar-refractivity contribution < 1.29 is 4.79 Å². The van der Waals surface area contributed by atoms with E-state index in [1.807, 2.05) is 19.1 Å². The molecule has 0 saturated heterocycles. The van der Waals surface area contributed by atoms with Crippen molar-refractivity contribution in [2.45, 2.75) is 6.92 Å². The summed E-state index contributed by atoms with van der Waals surface area (Å²) in [6.07, 6.45) is 0. The average Bonchev–Trinajstić information content (AvgIpc) is 2.42. The smallest absolute Gasteiger partial charge is 0.256 e. The van der Waals surface area contributed by atoms with Crippen molar-refractivity contribution in [3.05, 3.63) is 63.6 Å². The van der Waals surface area contributed by atoms with Crippen LogP contribution in [0.15, 0.2) is 46.9 Å². The zero-order chi connectivity index (χ0) is 14.7. The van der Waals surface area contributed by atoms with Crippen LogP contribution in [0.4, 0.5) is 5.69 Å². The van der Waals surface area contributed by atoms with Crippen LogP contribution >= 0.6 is 28.1 Å². The molecule has 102 valence electrons. The van der Waals surface area contributed by atoms with Gasteiger partial charge in [0.25, 0.3) is 5.91 Å². The van der Waals surface area contributed by atoms with Gasteiger partial charge >= 0.3 is 0 Å². The molecule has 0 aliphatic rings. The van der Waals surface area contributed by atoms with Crippen LogP contribution in [0.2, 0.25) is 0 Å². The quantitative estimate of drug-likeness (QED) is 0.832. The highest BCUT2D eigenvalue weighted by molar-refractivity contribution is 9.10. The maximum atomic E-state index is 12.3. The van der Waals surface area contributed by atoms with Crippen LogP contribution in [0.25, 0.3) is 0 Å². The lowest BCUT2D eigenvalue weighted by Gasteiger charge is -2.09. The molecule has 3 N–H and O–H groups in total. The summed E-state index contributed by atoms with van der Waals surface area (Å²) in [5, 5.41) is 2.84. The van der Waals surface area contributed by atoms with Crippen LogP contribution in [0.5, 0.6) is 0 Å². The number of hydrogen-bond acceptors (Lipinski definition) is 2. The van der Waals surface area contributed by atoms with Gasteiger partial charge < -0.3 is 11.1 Å². The number of thiocarbonyl (C=S) groups is 1. The minimum atomic E-state index is -0.180. The first-order valence-electron chi connectivity index (χ1n) is 5.95. The molecule has 0 fully saturated rings. The Kier molecular flexibility index (Phi) is 4.52. The lowest BCUT2D eigenvalue weighted by Crippen LogP contribution is -2.14. The Labute approximate surface area is 131 Å². The normalized spacial score (nSPS) is 10.1. The summed E-state index contributed by atoms with van der Waals surface area (Å²) in [5.41, 5.74) is 8.56. The summed E-state index contributed by atoms with van der Waals surface area (Å²) in [4.78, 5) is 12.6. The molecule has 5 heteroatoms. The van der Waals surface area contributed by atoms with Crippen molar-refractivity contribution in [1.82, 2.24) is 0 Å². The first-order chi connectivity index (χ1) is 9.49. The molecule has 0 aromatic heterocycles. The minimum Gasteiger partial charge on any atom is -0.389 e. The van der Waals surface area contributed by atoms with Gasteiger partial charge in [0.1, 0.15) is 4.99 Å². The van der Waals surface area contributed by atoms with Crippen LogP contribution in [0.3, 0.4) is 0 Å². The third-order valence-electron chi connectivity index (χ3n) is 2.84. The molecule has 0 atom stereocenters. The fourth-order valence-corrected chi connectivity index (χ4v) is 2.34. The van der Waals surface area contributed by atoms with E-state index in [9.17, 15) is 4.79 Å². The van der Waals surface area contributed by atoms with Crippen LogP contribution < -0.4 is 11.1 Å². The van der Waals surface area contributed by atoms with Crippen LogP contribution in [0, 0.1) is 6.92 Å². The maximum absolute atomic E-state index is 12.3. The largest absolute Gasteiger partial charge is 0.389 e. The highest BCUT2D eigenvalue weighted by Crippen LogP contribution is 2.22. The fraction of sp³-hybridized carbons (Fsp3) is 0.0667. The second-order valence-electron chi connectivity index (χ2n) is 4.34. The van der Waals surface area contributed by atoms with E-state index in [1.165, 1.54) is 0 Å². The maximum Gasteiger partial charge on any atom is 0.256 e. The minimum absolute atomic E-state index is 0.180. The van der Waals surface area contributed by atoms with Crippen molar-refractivity contribution >= 4 is 44.7 Å². The van der Waals surface area contributed by atoms with E-state index in [0.717, 1.165) is 15.6 Å². The summed E-state index contributed by atoms with van der Waals surface area (Å²) < 4.78 is 0.794. The number of carbonyl (C=O) groups is 1. The molecular weight excluding hydrogens is 336 g/mol. The monoisotopic (exact) mass is 348 g/mol. The first-order valence-corrected chi connectivity index (χ1v) is 7.15. The number of rotatable bonds is 3. The van der Waals surface area contributed by atoms with Crippen molar-refractivity contribution in [2.75, 3.05) is 5.32 Å². The zero-order valence-electron chi connectivity index (χ0n) is 10.8. The van der Waals surface area contributed by atoms with E-state index >= 15 is 0 Å². The van der Waals surface area contributed by atoms with E-state index in [2.05, 4.69) is 21.2 Å². The summed E-state index contributed by atoms with van der Waals surface area (Å²) in [5.74, 6) is -0.180. The number of aryl methyl sites for hydroxylation is 1. The molecule has 0 spiro atoms. The third kappa shape index (κ3) is 3.23. The molecular formula is C15H13BrN2OS. The van der Waals surface area contributed by atoms with E-state index in [-0.39, 0.29) is 5.91 Å². The van der Waals surface area contributed by atoms with E-state index < -0.39 is 0 Å². The van der Waals surface area contributed by atoms with Crippen molar-refractivity contribution in [3.8, 4) is 0 Å². The Hall–Kier alpha value is -1.72. The molecule has 3 nitrogen and oxygen atoms in total. The van der Waals surface area contributed by atoms with Gasteiger partial charge in [-0.3, -0.25) is 4.79 Å². The van der Waals surface area contributed by atoms with E-state index in [0.29, 0.717) is 16.2 Å². The molecule has 0 aliphatic heterocycles. The Bertz CT molecular complexity index is 685. The third-order valence-corrected chi connectivity index (χ3v) is 4.13. The fourth-order valence-electron chi connectivity index (χ4n) is 1.77. The molecule has 0 saturated carbocycles. The highest BCUT2D eigenvalue weighted by atomic mass is 79.9. The molecule has 2 aromatic rings. The van der Waals surface area contributed by atoms with Gasteiger partial charge in [-0.1, -0.05) is 36.5 Å². The number of nitrogens with one attached hydrogen (secondary N) is 1. The van der Waals surface area contributed by atoms with Crippen LogP contribution in [-0.2, 0) is 0 Å². The number of hydrogen-bond donors (Lipinski definition) is 2. The van der Waals surface area contributed by atoms with Gasteiger partial charge in [-0.25, -0.2) is 0 Å². The van der Waals surface area contributed by atoms with Gasteiger partial charge in [0, 0.05) is 15.7 Å². The van der Waals surface area contributed by atoms with Gasteiger partial charge in [0.05, 0.1) is 5.56 Å². The summed E-state index contributed by atoms with van der Waals surface area (Å²) in [6.45, 7) is 1.94. The van der Waals surface area contributed by atoms with E-state index in [4.69, 9.17) is 18.0 Å². The molecule has 1 amide bonds. The Balaban J connectivity index is 2.26. The molecule has 2 rings (SSSR count). The summed E-state index contributed by atoms with van der Waals surface area (Å²) in [6, 6.07) is 12.7. The van der Waals surface area contributed by atoms with Crippen molar-refractivity contribution in [2.24, 2.45) is 5.73 Å². The Morgan fingerprint density at radius 3 is 2.65 bits per heavy atom. The molecule has 20 heavy (non-hydrogen) atoms. The predicted octanol–water partition coefficient (Wildman–Crippen LogP) is 3.64. The van der Waals surface area contributed by atoms with E-state index in [1.54, 1.807) is 30.3 Å². The molecule has 0 aliphatic carbocycles. The number of carbonyl (C=O) groups excluding carboxylic acids is 1. The second kappa shape index (κ2) is 6.15. The zero-order valence-corrected chi connectivity index (χ0v) is 13.2. The predicted molar refractivity (Wildman–Crippen MR) is 89.2 cm³/mol. The lowest BCUT2D eigenvalue weighted by atomic mass is 10.1. The topological polar surface area (TPSA) is 55.1 Å². The molecule has 0 unspecified atom stereocenters. The molecule has 0 bridgehead atoms. The average molecular weight is 349 g/mol. The van der Waals surface area contributed by atoms with Gasteiger partial charge in [-0.15, -0.1) is 0 Å². The number of amides is 1. The van der Waals surface area contributed by atoms with Crippen molar-refractivity contribution in [3.63, 3.8) is 0 Å².